The fourth-order valence-electron chi connectivity index (χ4n) is 2.10. The lowest BCUT2D eigenvalue weighted by molar-refractivity contribution is -0.150. The van der Waals surface area contributed by atoms with Crippen LogP contribution < -0.4 is 0 Å². The highest BCUT2D eigenvalue weighted by Crippen LogP contribution is 2.31. The summed E-state index contributed by atoms with van der Waals surface area (Å²) in [5.41, 5.74) is -0.252. The number of carboxylic acids is 1. The van der Waals surface area contributed by atoms with E-state index in [0.717, 1.165) is 0 Å². The number of hydrogen-bond acceptors (Lipinski definition) is 3. The van der Waals surface area contributed by atoms with Crippen LogP contribution in [-0.4, -0.2) is 40.0 Å². The third-order valence-corrected chi connectivity index (χ3v) is 3.87. The fourth-order valence-corrected chi connectivity index (χ4v) is 2.21. The summed E-state index contributed by atoms with van der Waals surface area (Å²) in [4.78, 5) is 28.9. The molecular formula is C13H15ClN2O3. The van der Waals surface area contributed by atoms with Crippen molar-refractivity contribution in [3.63, 3.8) is 0 Å². The van der Waals surface area contributed by atoms with E-state index in [1.165, 1.54) is 6.20 Å². The minimum Gasteiger partial charge on any atom is -0.481 e. The van der Waals surface area contributed by atoms with Crippen LogP contribution in [0, 0.1) is 5.41 Å². The average molecular weight is 283 g/mol. The molecule has 0 unspecified atom stereocenters. The van der Waals surface area contributed by atoms with E-state index in [1.807, 2.05) is 0 Å². The molecule has 19 heavy (non-hydrogen) atoms. The number of aliphatic carboxylic acids is 1. The zero-order valence-electron chi connectivity index (χ0n) is 10.6. The largest absolute Gasteiger partial charge is 0.481 e. The highest BCUT2D eigenvalue weighted by atomic mass is 35.5. The first-order valence-corrected chi connectivity index (χ1v) is 6.44. The lowest BCUT2D eigenvalue weighted by atomic mass is 9.80. The van der Waals surface area contributed by atoms with Gasteiger partial charge in [-0.25, -0.2) is 4.98 Å². The zero-order chi connectivity index (χ0) is 14.0. The van der Waals surface area contributed by atoms with Crippen LogP contribution in [0.5, 0.6) is 0 Å². The monoisotopic (exact) mass is 282 g/mol. The number of hydrogen-bond donors (Lipinski definition) is 1. The number of likely N-dealkylation sites (tertiary alicyclic amines) is 1. The first kappa shape index (κ1) is 13.8. The smallest absolute Gasteiger partial charge is 0.309 e. The molecule has 0 aliphatic carbocycles. The van der Waals surface area contributed by atoms with Gasteiger partial charge >= 0.3 is 5.97 Å². The van der Waals surface area contributed by atoms with Crippen LogP contribution in [-0.2, 0) is 4.79 Å². The van der Waals surface area contributed by atoms with Crippen molar-refractivity contribution in [1.82, 2.24) is 9.88 Å². The summed E-state index contributed by atoms with van der Waals surface area (Å²) in [5, 5.41) is 9.48. The highest BCUT2D eigenvalue weighted by molar-refractivity contribution is 6.29. The highest BCUT2D eigenvalue weighted by Gasteiger charge is 2.38. The fraction of sp³-hybridized carbons (Fsp3) is 0.462. The number of pyridine rings is 1. The Morgan fingerprint density at radius 2 is 2.00 bits per heavy atom. The van der Waals surface area contributed by atoms with Crippen LogP contribution in [0.2, 0.25) is 5.15 Å². The molecular weight excluding hydrogens is 268 g/mol. The van der Waals surface area contributed by atoms with Crippen molar-refractivity contribution in [2.24, 2.45) is 5.41 Å². The van der Waals surface area contributed by atoms with Crippen LogP contribution in [0.15, 0.2) is 18.3 Å². The molecule has 1 aromatic heterocycles. The van der Waals surface area contributed by atoms with Gasteiger partial charge in [0, 0.05) is 19.3 Å². The number of amides is 1. The Bertz CT molecular complexity index is 493. The molecule has 0 spiro atoms. The second kappa shape index (κ2) is 5.17. The molecule has 0 atom stereocenters. The van der Waals surface area contributed by atoms with Crippen LogP contribution in [0.3, 0.4) is 0 Å². The van der Waals surface area contributed by atoms with Crippen molar-refractivity contribution >= 4 is 23.5 Å². The molecule has 1 fully saturated rings. The molecule has 102 valence electrons. The van der Waals surface area contributed by atoms with E-state index in [2.05, 4.69) is 4.98 Å². The van der Waals surface area contributed by atoms with E-state index in [4.69, 9.17) is 16.7 Å². The van der Waals surface area contributed by atoms with Crippen molar-refractivity contribution in [2.45, 2.75) is 19.8 Å². The second-order valence-corrected chi connectivity index (χ2v) is 5.41. The molecule has 0 saturated carbocycles. The van der Waals surface area contributed by atoms with Gasteiger partial charge in [-0.2, -0.15) is 0 Å². The summed E-state index contributed by atoms with van der Waals surface area (Å²) >= 11 is 5.67. The van der Waals surface area contributed by atoms with Gasteiger partial charge in [-0.3, -0.25) is 9.59 Å². The molecule has 0 radical (unpaired) electrons. The number of aromatic nitrogens is 1. The van der Waals surface area contributed by atoms with E-state index >= 15 is 0 Å². The van der Waals surface area contributed by atoms with Gasteiger partial charge in [0.25, 0.3) is 5.91 Å². The zero-order valence-corrected chi connectivity index (χ0v) is 11.4. The second-order valence-electron chi connectivity index (χ2n) is 5.03. The van der Waals surface area contributed by atoms with Crippen molar-refractivity contribution in [1.29, 1.82) is 0 Å². The van der Waals surface area contributed by atoms with Crippen molar-refractivity contribution < 1.29 is 14.7 Å². The summed E-state index contributed by atoms with van der Waals surface area (Å²) in [7, 11) is 0. The Kier molecular flexibility index (Phi) is 3.75. The van der Waals surface area contributed by atoms with Gasteiger partial charge in [-0.1, -0.05) is 11.6 Å². The lowest BCUT2D eigenvalue weighted by Crippen LogP contribution is -2.45. The maximum Gasteiger partial charge on any atom is 0.309 e. The predicted octanol–water partition coefficient (Wildman–Crippen LogP) is 2.06. The first-order valence-electron chi connectivity index (χ1n) is 6.07. The van der Waals surface area contributed by atoms with Crippen molar-refractivity contribution in [3.8, 4) is 0 Å². The summed E-state index contributed by atoms with van der Waals surface area (Å²) < 4.78 is 0. The third-order valence-electron chi connectivity index (χ3n) is 3.64. The molecule has 5 nitrogen and oxygen atoms in total. The van der Waals surface area contributed by atoms with E-state index in [0.29, 0.717) is 36.6 Å². The maximum absolute atomic E-state index is 12.2. The number of halogens is 1. The molecule has 1 N–H and O–H groups in total. The Labute approximate surface area is 116 Å². The number of rotatable bonds is 2. The molecule has 1 saturated heterocycles. The molecule has 0 aromatic carbocycles. The van der Waals surface area contributed by atoms with Gasteiger partial charge in [0.05, 0.1) is 11.0 Å². The van der Waals surface area contributed by atoms with Crippen LogP contribution in [0.25, 0.3) is 0 Å². The van der Waals surface area contributed by atoms with E-state index < -0.39 is 11.4 Å². The predicted molar refractivity (Wildman–Crippen MR) is 70.1 cm³/mol. The molecule has 1 aliphatic rings. The molecule has 6 heteroatoms. The van der Waals surface area contributed by atoms with Gasteiger partial charge in [-0.05, 0) is 31.9 Å². The summed E-state index contributed by atoms with van der Waals surface area (Å²) in [6, 6.07) is 3.20. The van der Waals surface area contributed by atoms with E-state index in [1.54, 1.807) is 24.0 Å². The number of carboxylic acid groups (broad SMARTS) is 1. The molecule has 0 bridgehead atoms. The standard InChI is InChI=1S/C13H15ClN2O3/c1-13(12(18)19)4-6-16(7-5-13)11(17)9-2-3-10(14)15-8-9/h2-3,8H,4-7H2,1H3,(H,18,19). The topological polar surface area (TPSA) is 70.5 Å². The number of carbonyl (C=O) groups is 2. The summed E-state index contributed by atoms with van der Waals surface area (Å²) in [6.45, 7) is 2.62. The number of carbonyl (C=O) groups excluding carboxylic acids is 1. The Balaban J connectivity index is 2.04. The van der Waals surface area contributed by atoms with Gasteiger partial charge in [0.15, 0.2) is 0 Å². The first-order chi connectivity index (χ1) is 8.92. The number of nitrogens with zero attached hydrogens (tertiary/aromatic N) is 2. The maximum atomic E-state index is 12.2. The molecule has 2 heterocycles. The van der Waals surface area contributed by atoms with Gasteiger partial charge in [0.1, 0.15) is 5.15 Å². The van der Waals surface area contributed by atoms with Crippen LogP contribution in [0.1, 0.15) is 30.1 Å². The Morgan fingerprint density at radius 3 is 2.47 bits per heavy atom. The molecule has 1 aliphatic heterocycles. The van der Waals surface area contributed by atoms with E-state index in [9.17, 15) is 9.59 Å². The van der Waals surface area contributed by atoms with Crippen LogP contribution in [0.4, 0.5) is 0 Å². The third kappa shape index (κ3) is 2.87. The minimum atomic E-state index is -0.798. The van der Waals surface area contributed by atoms with Gasteiger partial charge < -0.3 is 10.0 Å². The Hall–Kier alpha value is -1.62. The minimum absolute atomic E-state index is 0.128. The average Bonchev–Trinajstić information content (AvgIpc) is 2.39. The molecule has 1 aromatic rings. The van der Waals surface area contributed by atoms with E-state index in [-0.39, 0.29) is 5.91 Å². The Morgan fingerprint density at radius 1 is 1.37 bits per heavy atom. The normalized spacial score (nSPS) is 18.1. The quantitative estimate of drug-likeness (QED) is 0.843. The molecule has 1 amide bonds. The van der Waals surface area contributed by atoms with Crippen molar-refractivity contribution in [2.75, 3.05) is 13.1 Å². The van der Waals surface area contributed by atoms with Crippen LogP contribution >= 0.6 is 11.6 Å². The number of piperidine rings is 1. The SMILES string of the molecule is CC1(C(=O)O)CCN(C(=O)c2ccc(Cl)nc2)CC1. The van der Waals surface area contributed by atoms with Crippen molar-refractivity contribution in [3.05, 3.63) is 29.0 Å². The molecule has 2 rings (SSSR count). The lowest BCUT2D eigenvalue weighted by Gasteiger charge is -2.36. The van der Waals surface area contributed by atoms with Gasteiger partial charge in [0.2, 0.25) is 0 Å². The van der Waals surface area contributed by atoms with Gasteiger partial charge in [-0.15, -0.1) is 0 Å². The summed E-state index contributed by atoms with van der Waals surface area (Å²) in [6.07, 6.45) is 2.37. The summed E-state index contributed by atoms with van der Waals surface area (Å²) in [5.74, 6) is -0.927.